The Balaban J connectivity index is 2.12. The van der Waals surface area contributed by atoms with Crippen molar-refractivity contribution in [1.29, 1.82) is 0 Å². The molecule has 1 heterocycles. The summed E-state index contributed by atoms with van der Waals surface area (Å²) in [6.07, 6.45) is 1.24. The number of hydrazine groups is 1. The van der Waals surface area contributed by atoms with Gasteiger partial charge in [0, 0.05) is 18.7 Å². The summed E-state index contributed by atoms with van der Waals surface area (Å²) >= 11 is 0. The number of nitrogens with two attached hydrogens (primary N) is 1. The van der Waals surface area contributed by atoms with Crippen LogP contribution in [0.1, 0.15) is 29.3 Å². The van der Waals surface area contributed by atoms with Crippen molar-refractivity contribution in [2.45, 2.75) is 19.9 Å². The zero-order valence-electron chi connectivity index (χ0n) is 10.1. The Morgan fingerprint density at radius 1 is 1.53 bits per heavy atom. The molecule has 1 saturated heterocycles. The molecule has 1 atom stereocenters. The van der Waals surface area contributed by atoms with Gasteiger partial charge in [0.15, 0.2) is 0 Å². The predicted octanol–water partition coefficient (Wildman–Crippen LogP) is 1.13. The van der Waals surface area contributed by atoms with E-state index in [4.69, 9.17) is 5.84 Å². The number of benzene rings is 1. The van der Waals surface area contributed by atoms with E-state index in [9.17, 15) is 4.79 Å². The fourth-order valence-corrected chi connectivity index (χ4v) is 2.37. The van der Waals surface area contributed by atoms with Crippen molar-refractivity contribution in [2.24, 2.45) is 11.8 Å². The first-order chi connectivity index (χ1) is 8.20. The molecule has 4 nitrogen and oxygen atoms in total. The van der Waals surface area contributed by atoms with E-state index in [1.54, 1.807) is 0 Å². The molecular formula is C13H19N3O. The molecule has 1 amide bonds. The highest BCUT2D eigenvalue weighted by molar-refractivity contribution is 5.95. The minimum absolute atomic E-state index is 0.215. The molecule has 1 aromatic rings. The van der Waals surface area contributed by atoms with Gasteiger partial charge >= 0.3 is 0 Å². The van der Waals surface area contributed by atoms with Crippen LogP contribution >= 0.6 is 0 Å². The third-order valence-electron chi connectivity index (χ3n) is 3.30. The van der Waals surface area contributed by atoms with Gasteiger partial charge in [-0.05, 0) is 30.5 Å². The van der Waals surface area contributed by atoms with Gasteiger partial charge in [0.1, 0.15) is 0 Å². The van der Waals surface area contributed by atoms with E-state index in [1.165, 1.54) is 6.42 Å². The Morgan fingerprint density at radius 3 is 2.94 bits per heavy atom. The molecule has 0 aromatic heterocycles. The number of rotatable bonds is 3. The number of nitrogen functional groups attached to an aromatic ring is 1. The first-order valence-corrected chi connectivity index (χ1v) is 6.02. The van der Waals surface area contributed by atoms with Gasteiger partial charge in [-0.1, -0.05) is 25.1 Å². The minimum atomic E-state index is -0.215. The molecule has 4 heteroatoms. The van der Waals surface area contributed by atoms with Crippen molar-refractivity contribution in [3.05, 3.63) is 35.4 Å². The van der Waals surface area contributed by atoms with Crippen molar-refractivity contribution in [3.8, 4) is 0 Å². The number of hydrogen-bond acceptors (Lipinski definition) is 3. The summed E-state index contributed by atoms with van der Waals surface area (Å²) in [4.78, 5) is 14.0. The molecule has 1 aromatic carbocycles. The van der Waals surface area contributed by atoms with Gasteiger partial charge in [-0.25, -0.2) is 5.84 Å². The summed E-state index contributed by atoms with van der Waals surface area (Å²) in [5.41, 5.74) is 3.92. The van der Waals surface area contributed by atoms with Crippen molar-refractivity contribution in [3.63, 3.8) is 0 Å². The van der Waals surface area contributed by atoms with Crippen molar-refractivity contribution in [2.75, 3.05) is 13.1 Å². The van der Waals surface area contributed by atoms with Gasteiger partial charge in [0.25, 0.3) is 5.91 Å². The Labute approximate surface area is 102 Å². The van der Waals surface area contributed by atoms with Gasteiger partial charge in [0.2, 0.25) is 0 Å². The zero-order valence-corrected chi connectivity index (χ0v) is 10.1. The van der Waals surface area contributed by atoms with Gasteiger partial charge < -0.3 is 0 Å². The van der Waals surface area contributed by atoms with Crippen LogP contribution in [-0.4, -0.2) is 23.9 Å². The number of carbonyl (C=O) groups excluding carboxylic acids is 1. The number of carbonyl (C=O) groups is 1. The van der Waals surface area contributed by atoms with Crippen molar-refractivity contribution >= 4 is 5.91 Å². The summed E-state index contributed by atoms with van der Waals surface area (Å²) in [6, 6.07) is 7.63. The second-order valence-electron chi connectivity index (χ2n) is 4.76. The average Bonchev–Trinajstić information content (AvgIpc) is 2.74. The number of hydrogen-bond donors (Lipinski definition) is 2. The van der Waals surface area contributed by atoms with E-state index in [0.29, 0.717) is 5.56 Å². The van der Waals surface area contributed by atoms with Crippen LogP contribution in [0, 0.1) is 5.92 Å². The van der Waals surface area contributed by atoms with Gasteiger partial charge in [-0.2, -0.15) is 0 Å². The topological polar surface area (TPSA) is 58.4 Å². The number of nitrogens with zero attached hydrogens (tertiary/aromatic N) is 1. The molecule has 17 heavy (non-hydrogen) atoms. The first kappa shape index (κ1) is 12.1. The number of nitrogens with one attached hydrogen (secondary N) is 1. The minimum Gasteiger partial charge on any atom is -0.299 e. The lowest BCUT2D eigenvalue weighted by Crippen LogP contribution is -2.31. The largest absolute Gasteiger partial charge is 0.299 e. The van der Waals surface area contributed by atoms with Crippen LogP contribution in [0.3, 0.4) is 0 Å². The van der Waals surface area contributed by atoms with E-state index < -0.39 is 0 Å². The predicted molar refractivity (Wildman–Crippen MR) is 67.2 cm³/mol. The average molecular weight is 233 g/mol. The first-order valence-electron chi connectivity index (χ1n) is 6.02. The third-order valence-corrected chi connectivity index (χ3v) is 3.30. The molecule has 1 aliphatic heterocycles. The summed E-state index contributed by atoms with van der Waals surface area (Å²) in [5.74, 6) is 5.73. The third kappa shape index (κ3) is 2.84. The van der Waals surface area contributed by atoms with Crippen LogP contribution in [0.4, 0.5) is 0 Å². The lowest BCUT2D eigenvalue weighted by Gasteiger charge is -2.17. The maximum atomic E-state index is 11.6. The van der Waals surface area contributed by atoms with Crippen LogP contribution in [0.15, 0.2) is 24.3 Å². The second-order valence-corrected chi connectivity index (χ2v) is 4.76. The highest BCUT2D eigenvalue weighted by atomic mass is 16.2. The zero-order chi connectivity index (χ0) is 12.3. The lowest BCUT2D eigenvalue weighted by atomic mass is 10.1. The fraction of sp³-hybridized carbons (Fsp3) is 0.462. The van der Waals surface area contributed by atoms with E-state index in [2.05, 4.69) is 17.2 Å². The SMILES string of the molecule is CC1CCN(Cc2ccccc2C(=O)NN)C1. The standard InChI is InChI=1S/C13H19N3O/c1-10-6-7-16(8-10)9-11-4-2-3-5-12(11)13(17)15-14/h2-5,10H,6-9,14H2,1H3,(H,15,17). The molecule has 0 saturated carbocycles. The Bertz CT molecular complexity index is 405. The summed E-state index contributed by atoms with van der Waals surface area (Å²) in [6.45, 7) is 5.31. The summed E-state index contributed by atoms with van der Waals surface area (Å²) in [5, 5.41) is 0. The highest BCUT2D eigenvalue weighted by Crippen LogP contribution is 2.19. The fourth-order valence-electron chi connectivity index (χ4n) is 2.37. The normalized spacial score (nSPS) is 20.5. The number of amides is 1. The molecule has 1 fully saturated rings. The molecule has 0 bridgehead atoms. The number of likely N-dealkylation sites (tertiary alicyclic amines) is 1. The maximum Gasteiger partial charge on any atom is 0.265 e. The Hall–Kier alpha value is -1.39. The summed E-state index contributed by atoms with van der Waals surface area (Å²) < 4.78 is 0. The molecule has 0 aliphatic carbocycles. The molecular weight excluding hydrogens is 214 g/mol. The smallest absolute Gasteiger partial charge is 0.265 e. The van der Waals surface area contributed by atoms with Crippen LogP contribution in [0.2, 0.25) is 0 Å². The highest BCUT2D eigenvalue weighted by Gasteiger charge is 2.20. The molecule has 2 rings (SSSR count). The van der Waals surface area contributed by atoms with E-state index >= 15 is 0 Å². The molecule has 3 N–H and O–H groups in total. The quantitative estimate of drug-likeness (QED) is 0.467. The van der Waals surface area contributed by atoms with Crippen molar-refractivity contribution < 1.29 is 4.79 Å². The van der Waals surface area contributed by atoms with Gasteiger partial charge in [0.05, 0.1) is 0 Å². The van der Waals surface area contributed by atoms with Crippen LogP contribution in [-0.2, 0) is 6.54 Å². The van der Waals surface area contributed by atoms with Crippen LogP contribution in [0.5, 0.6) is 0 Å². The Kier molecular flexibility index (Phi) is 3.76. The monoisotopic (exact) mass is 233 g/mol. The maximum absolute atomic E-state index is 11.6. The molecule has 0 spiro atoms. The van der Waals surface area contributed by atoms with Gasteiger partial charge in [-0.15, -0.1) is 0 Å². The molecule has 1 unspecified atom stereocenters. The van der Waals surface area contributed by atoms with Crippen LogP contribution < -0.4 is 11.3 Å². The van der Waals surface area contributed by atoms with E-state index in [1.807, 2.05) is 24.3 Å². The lowest BCUT2D eigenvalue weighted by molar-refractivity contribution is 0.0952. The van der Waals surface area contributed by atoms with Gasteiger partial charge in [-0.3, -0.25) is 15.1 Å². The summed E-state index contributed by atoms with van der Waals surface area (Å²) in [7, 11) is 0. The van der Waals surface area contributed by atoms with Crippen LogP contribution in [0.25, 0.3) is 0 Å². The van der Waals surface area contributed by atoms with E-state index in [-0.39, 0.29) is 5.91 Å². The van der Waals surface area contributed by atoms with Crippen molar-refractivity contribution in [1.82, 2.24) is 10.3 Å². The molecule has 1 aliphatic rings. The second kappa shape index (κ2) is 5.29. The molecule has 0 radical (unpaired) electrons. The Morgan fingerprint density at radius 2 is 2.29 bits per heavy atom. The van der Waals surface area contributed by atoms with E-state index in [0.717, 1.165) is 31.1 Å². The molecule has 92 valence electrons.